The zero-order valence-electron chi connectivity index (χ0n) is 15.2. The molecule has 7 nitrogen and oxygen atoms in total. The summed E-state index contributed by atoms with van der Waals surface area (Å²) in [6.07, 6.45) is 5.81. The Morgan fingerprint density at radius 2 is 1.89 bits per heavy atom. The number of hydrogen-bond donors (Lipinski definition) is 0. The third-order valence-corrected chi connectivity index (χ3v) is 4.57. The van der Waals surface area contributed by atoms with Crippen molar-refractivity contribution in [2.45, 2.75) is 26.4 Å². The van der Waals surface area contributed by atoms with E-state index < -0.39 is 0 Å². The molecule has 7 heteroatoms. The molecule has 0 atom stereocenters. The van der Waals surface area contributed by atoms with Crippen LogP contribution in [0.1, 0.15) is 34.4 Å². The minimum absolute atomic E-state index is 0.0243. The van der Waals surface area contributed by atoms with Gasteiger partial charge in [-0.15, -0.1) is 0 Å². The Balaban J connectivity index is 1.54. The van der Waals surface area contributed by atoms with Crippen LogP contribution in [0.2, 0.25) is 0 Å². The first kappa shape index (κ1) is 17.1. The molecule has 0 bridgehead atoms. The van der Waals surface area contributed by atoms with Gasteiger partial charge in [-0.2, -0.15) is 0 Å². The van der Waals surface area contributed by atoms with Gasteiger partial charge in [-0.3, -0.25) is 4.79 Å². The van der Waals surface area contributed by atoms with Gasteiger partial charge < -0.3 is 9.64 Å². The molecule has 1 aliphatic heterocycles. The number of carbonyl (C=O) groups is 1. The fraction of sp³-hybridized carbons (Fsp3) is 0.250. The standard InChI is InChI=1S/C20H19N5O2/c1-3-17-23-10-15-11-25(12-16(15)24-17)20(26)14-6-4-13(5-7-14)18-19(27-2)22-9-8-21-18/h4-10H,3,11-12H2,1-2H3. The second-order valence-corrected chi connectivity index (χ2v) is 6.26. The van der Waals surface area contributed by atoms with Crippen LogP contribution in [0.4, 0.5) is 0 Å². The third kappa shape index (κ3) is 3.23. The van der Waals surface area contributed by atoms with E-state index in [1.54, 1.807) is 36.5 Å². The summed E-state index contributed by atoms with van der Waals surface area (Å²) in [5, 5.41) is 0. The summed E-state index contributed by atoms with van der Waals surface area (Å²) in [6.45, 7) is 3.08. The van der Waals surface area contributed by atoms with Crippen LogP contribution in [0.5, 0.6) is 5.88 Å². The molecule has 3 aromatic rings. The number of aryl methyl sites for hydroxylation is 1. The van der Waals surface area contributed by atoms with Gasteiger partial charge in [-0.1, -0.05) is 19.1 Å². The van der Waals surface area contributed by atoms with E-state index in [2.05, 4.69) is 19.9 Å². The van der Waals surface area contributed by atoms with E-state index in [1.165, 1.54) is 0 Å². The van der Waals surface area contributed by atoms with Gasteiger partial charge in [0.2, 0.25) is 5.88 Å². The summed E-state index contributed by atoms with van der Waals surface area (Å²) in [7, 11) is 1.56. The second-order valence-electron chi connectivity index (χ2n) is 6.26. The quantitative estimate of drug-likeness (QED) is 0.711. The number of methoxy groups -OCH3 is 1. The highest BCUT2D eigenvalue weighted by Gasteiger charge is 2.26. The maximum atomic E-state index is 12.9. The van der Waals surface area contributed by atoms with Gasteiger partial charge in [0.05, 0.1) is 19.3 Å². The molecule has 3 heterocycles. The van der Waals surface area contributed by atoms with Crippen LogP contribution >= 0.6 is 0 Å². The first-order valence-corrected chi connectivity index (χ1v) is 8.78. The summed E-state index contributed by atoms with van der Waals surface area (Å²) in [4.78, 5) is 32.0. The zero-order valence-corrected chi connectivity index (χ0v) is 15.2. The molecule has 0 fully saturated rings. The third-order valence-electron chi connectivity index (χ3n) is 4.57. The number of aromatic nitrogens is 4. The Morgan fingerprint density at radius 3 is 2.63 bits per heavy atom. The van der Waals surface area contributed by atoms with Gasteiger partial charge >= 0.3 is 0 Å². The highest BCUT2D eigenvalue weighted by molar-refractivity contribution is 5.95. The SMILES string of the molecule is CCc1ncc2c(n1)CN(C(=O)c1ccc(-c3nccnc3OC)cc1)C2. The lowest BCUT2D eigenvalue weighted by Crippen LogP contribution is -2.25. The minimum Gasteiger partial charge on any atom is -0.479 e. The molecule has 0 aliphatic carbocycles. The summed E-state index contributed by atoms with van der Waals surface area (Å²) in [5.74, 6) is 1.24. The fourth-order valence-electron chi connectivity index (χ4n) is 3.13. The molecule has 4 rings (SSSR count). The van der Waals surface area contributed by atoms with Crippen LogP contribution < -0.4 is 4.74 Å². The van der Waals surface area contributed by atoms with Gasteiger partial charge in [-0.25, -0.2) is 19.9 Å². The van der Waals surface area contributed by atoms with E-state index in [1.807, 2.05) is 25.3 Å². The number of carbonyl (C=O) groups excluding carboxylic acids is 1. The number of amides is 1. The zero-order chi connectivity index (χ0) is 18.8. The molecule has 2 aromatic heterocycles. The van der Waals surface area contributed by atoms with E-state index in [9.17, 15) is 4.79 Å². The molecule has 0 saturated heterocycles. The van der Waals surface area contributed by atoms with E-state index in [0.29, 0.717) is 30.2 Å². The maximum absolute atomic E-state index is 12.9. The Hall–Kier alpha value is -3.35. The lowest BCUT2D eigenvalue weighted by atomic mass is 10.1. The van der Waals surface area contributed by atoms with Crippen molar-refractivity contribution in [1.82, 2.24) is 24.8 Å². The van der Waals surface area contributed by atoms with Gasteiger partial charge in [0, 0.05) is 48.2 Å². The van der Waals surface area contributed by atoms with Crippen molar-refractivity contribution in [3.8, 4) is 17.1 Å². The highest BCUT2D eigenvalue weighted by Crippen LogP contribution is 2.27. The second kappa shape index (κ2) is 7.11. The van der Waals surface area contributed by atoms with E-state index in [4.69, 9.17) is 4.74 Å². The number of hydrogen-bond acceptors (Lipinski definition) is 6. The molecule has 1 aliphatic rings. The first-order chi connectivity index (χ1) is 13.2. The summed E-state index contributed by atoms with van der Waals surface area (Å²) in [5.41, 5.74) is 4.07. The van der Waals surface area contributed by atoms with Gasteiger partial charge in [0.15, 0.2) is 0 Å². The summed E-state index contributed by atoms with van der Waals surface area (Å²) >= 11 is 0. The monoisotopic (exact) mass is 361 g/mol. The Kier molecular flexibility index (Phi) is 4.50. The van der Waals surface area contributed by atoms with Crippen molar-refractivity contribution in [2.24, 2.45) is 0 Å². The molecule has 0 spiro atoms. The van der Waals surface area contributed by atoms with Crippen LogP contribution in [0.3, 0.4) is 0 Å². The molecule has 0 unspecified atom stereocenters. The molecular formula is C20H19N5O2. The van der Waals surface area contributed by atoms with Crippen LogP contribution in [0.25, 0.3) is 11.3 Å². The number of ether oxygens (including phenoxy) is 1. The molecule has 0 N–H and O–H groups in total. The minimum atomic E-state index is -0.0243. The lowest BCUT2D eigenvalue weighted by Gasteiger charge is -2.15. The Labute approximate surface area is 157 Å². The molecular weight excluding hydrogens is 342 g/mol. The van der Waals surface area contributed by atoms with Crippen molar-refractivity contribution in [3.05, 3.63) is 65.5 Å². The average molecular weight is 361 g/mol. The van der Waals surface area contributed by atoms with Crippen molar-refractivity contribution in [2.75, 3.05) is 7.11 Å². The van der Waals surface area contributed by atoms with Crippen molar-refractivity contribution >= 4 is 5.91 Å². The van der Waals surface area contributed by atoms with Crippen LogP contribution in [0, 0.1) is 0 Å². The van der Waals surface area contributed by atoms with Crippen LogP contribution in [0.15, 0.2) is 42.9 Å². The molecule has 27 heavy (non-hydrogen) atoms. The predicted octanol–water partition coefficient (Wildman–Crippen LogP) is 2.66. The normalized spacial score (nSPS) is 12.7. The predicted molar refractivity (Wildman–Crippen MR) is 99.0 cm³/mol. The number of rotatable bonds is 4. The van der Waals surface area contributed by atoms with Gasteiger partial charge in [-0.05, 0) is 12.1 Å². The number of nitrogens with zero attached hydrogens (tertiary/aromatic N) is 5. The fourth-order valence-corrected chi connectivity index (χ4v) is 3.13. The smallest absolute Gasteiger partial charge is 0.254 e. The number of fused-ring (bicyclic) bond motifs is 1. The average Bonchev–Trinajstić information content (AvgIpc) is 3.16. The van der Waals surface area contributed by atoms with E-state index >= 15 is 0 Å². The molecule has 1 aromatic carbocycles. The summed E-state index contributed by atoms with van der Waals surface area (Å²) < 4.78 is 5.25. The van der Waals surface area contributed by atoms with E-state index in [-0.39, 0.29) is 5.91 Å². The highest BCUT2D eigenvalue weighted by atomic mass is 16.5. The summed E-state index contributed by atoms with van der Waals surface area (Å²) in [6, 6.07) is 7.33. The Morgan fingerprint density at radius 1 is 1.11 bits per heavy atom. The molecule has 136 valence electrons. The van der Waals surface area contributed by atoms with Crippen LogP contribution in [-0.2, 0) is 19.5 Å². The molecule has 0 radical (unpaired) electrons. The van der Waals surface area contributed by atoms with Crippen LogP contribution in [-0.4, -0.2) is 37.9 Å². The topological polar surface area (TPSA) is 81.1 Å². The lowest BCUT2D eigenvalue weighted by molar-refractivity contribution is 0.0750. The largest absolute Gasteiger partial charge is 0.479 e. The molecule has 0 saturated carbocycles. The van der Waals surface area contributed by atoms with Crippen molar-refractivity contribution in [1.29, 1.82) is 0 Å². The van der Waals surface area contributed by atoms with Gasteiger partial charge in [0.1, 0.15) is 11.5 Å². The first-order valence-electron chi connectivity index (χ1n) is 8.78. The van der Waals surface area contributed by atoms with Gasteiger partial charge in [0.25, 0.3) is 5.91 Å². The van der Waals surface area contributed by atoms with E-state index in [0.717, 1.165) is 29.1 Å². The molecule has 1 amide bonds. The Bertz CT molecular complexity index is 988. The van der Waals surface area contributed by atoms with Crippen molar-refractivity contribution in [3.63, 3.8) is 0 Å². The number of benzene rings is 1. The van der Waals surface area contributed by atoms with Crippen molar-refractivity contribution < 1.29 is 9.53 Å². The maximum Gasteiger partial charge on any atom is 0.254 e.